The van der Waals surface area contributed by atoms with Gasteiger partial charge in [-0.15, -0.1) is 0 Å². The minimum absolute atomic E-state index is 0.103. The third-order valence-electron chi connectivity index (χ3n) is 4.87. The van der Waals surface area contributed by atoms with E-state index in [9.17, 15) is 9.90 Å². The van der Waals surface area contributed by atoms with Gasteiger partial charge in [0.2, 0.25) is 0 Å². The first-order valence-electron chi connectivity index (χ1n) is 7.97. The summed E-state index contributed by atoms with van der Waals surface area (Å²) in [6.45, 7) is 2.23. The first-order chi connectivity index (χ1) is 9.70. The van der Waals surface area contributed by atoms with Gasteiger partial charge in [-0.25, -0.2) is 0 Å². The predicted molar refractivity (Wildman–Crippen MR) is 81.6 cm³/mol. The molecule has 2 rings (SSSR count). The third-order valence-corrected chi connectivity index (χ3v) is 4.87. The molecule has 0 radical (unpaired) electrons. The third kappa shape index (κ3) is 4.09. The lowest BCUT2D eigenvalue weighted by atomic mass is 9.71. The number of benzene rings is 1. The van der Waals surface area contributed by atoms with Crippen molar-refractivity contribution in [2.45, 2.75) is 51.9 Å². The van der Waals surface area contributed by atoms with Crippen LogP contribution in [-0.4, -0.2) is 11.1 Å². The average Bonchev–Trinajstić information content (AvgIpc) is 2.48. The van der Waals surface area contributed by atoms with Crippen LogP contribution in [0.25, 0.3) is 0 Å². The van der Waals surface area contributed by atoms with Crippen molar-refractivity contribution in [3.63, 3.8) is 0 Å². The molecular weight excluding hydrogens is 248 g/mol. The highest BCUT2D eigenvalue weighted by Crippen LogP contribution is 2.38. The first-order valence-corrected chi connectivity index (χ1v) is 7.97. The Labute approximate surface area is 122 Å². The van der Waals surface area contributed by atoms with Crippen LogP contribution in [0.15, 0.2) is 30.3 Å². The molecule has 110 valence electrons. The number of aliphatic carboxylic acids is 1. The van der Waals surface area contributed by atoms with Crippen LogP contribution < -0.4 is 0 Å². The number of carboxylic acid groups (broad SMARTS) is 1. The van der Waals surface area contributed by atoms with Crippen LogP contribution in [0.5, 0.6) is 0 Å². The monoisotopic (exact) mass is 274 g/mol. The van der Waals surface area contributed by atoms with Crippen molar-refractivity contribution in [1.82, 2.24) is 0 Å². The number of carbonyl (C=O) groups is 1. The van der Waals surface area contributed by atoms with E-state index < -0.39 is 5.97 Å². The second-order valence-electron chi connectivity index (χ2n) is 6.17. The largest absolute Gasteiger partial charge is 0.481 e. The highest BCUT2D eigenvalue weighted by molar-refractivity contribution is 5.70. The summed E-state index contributed by atoms with van der Waals surface area (Å²) in [6.07, 6.45) is 7.52. The van der Waals surface area contributed by atoms with Crippen LogP contribution in [0.4, 0.5) is 0 Å². The van der Waals surface area contributed by atoms with E-state index in [2.05, 4.69) is 31.2 Å². The number of carboxylic acids is 1. The topological polar surface area (TPSA) is 37.3 Å². The van der Waals surface area contributed by atoms with E-state index in [0.29, 0.717) is 5.92 Å². The summed E-state index contributed by atoms with van der Waals surface area (Å²) in [5.74, 6) is 0.445. The van der Waals surface area contributed by atoms with Gasteiger partial charge in [-0.1, -0.05) is 43.7 Å². The number of rotatable bonds is 6. The maximum absolute atomic E-state index is 11.4. The molecule has 3 unspecified atom stereocenters. The molecule has 1 N–H and O–H groups in total. The lowest BCUT2D eigenvalue weighted by Gasteiger charge is -2.33. The van der Waals surface area contributed by atoms with Crippen LogP contribution in [0.1, 0.15) is 51.0 Å². The molecule has 0 bridgehead atoms. The van der Waals surface area contributed by atoms with E-state index in [-0.39, 0.29) is 5.92 Å². The smallest absolute Gasteiger partial charge is 0.306 e. The Bertz CT molecular complexity index is 413. The number of hydrogen-bond acceptors (Lipinski definition) is 1. The molecular formula is C18H26O2. The van der Waals surface area contributed by atoms with Crippen molar-refractivity contribution in [1.29, 1.82) is 0 Å². The Morgan fingerprint density at radius 3 is 2.65 bits per heavy atom. The predicted octanol–water partition coefficient (Wildman–Crippen LogP) is 4.54. The maximum atomic E-state index is 11.4. The molecule has 0 heterocycles. The maximum Gasteiger partial charge on any atom is 0.306 e. The highest BCUT2D eigenvalue weighted by atomic mass is 16.4. The van der Waals surface area contributed by atoms with Gasteiger partial charge < -0.3 is 5.11 Å². The van der Waals surface area contributed by atoms with Crippen LogP contribution in [0.2, 0.25) is 0 Å². The Balaban J connectivity index is 1.85. The molecule has 1 fully saturated rings. The van der Waals surface area contributed by atoms with Crippen LogP contribution >= 0.6 is 0 Å². The zero-order valence-electron chi connectivity index (χ0n) is 12.4. The zero-order valence-corrected chi connectivity index (χ0v) is 12.4. The minimum Gasteiger partial charge on any atom is -0.481 e. The van der Waals surface area contributed by atoms with E-state index in [0.717, 1.165) is 44.4 Å². The number of aryl methyl sites for hydroxylation is 1. The summed E-state index contributed by atoms with van der Waals surface area (Å²) < 4.78 is 0. The molecule has 1 aliphatic rings. The van der Waals surface area contributed by atoms with E-state index >= 15 is 0 Å². The van der Waals surface area contributed by atoms with Crippen molar-refractivity contribution in [3.8, 4) is 0 Å². The van der Waals surface area contributed by atoms with Gasteiger partial charge in [0.15, 0.2) is 0 Å². The summed E-state index contributed by atoms with van der Waals surface area (Å²) in [5, 5.41) is 9.38. The minimum atomic E-state index is -0.579. The quantitative estimate of drug-likeness (QED) is 0.827. The molecule has 0 aliphatic heterocycles. The summed E-state index contributed by atoms with van der Waals surface area (Å²) in [5.41, 5.74) is 1.36. The lowest BCUT2D eigenvalue weighted by molar-refractivity contribution is -0.145. The molecule has 2 heteroatoms. The van der Waals surface area contributed by atoms with Gasteiger partial charge in [0, 0.05) is 0 Å². The molecule has 2 nitrogen and oxygen atoms in total. The van der Waals surface area contributed by atoms with E-state index in [1.807, 2.05) is 6.07 Å². The average molecular weight is 274 g/mol. The van der Waals surface area contributed by atoms with E-state index in [1.165, 1.54) is 12.0 Å². The van der Waals surface area contributed by atoms with E-state index in [1.54, 1.807) is 0 Å². The normalized spacial score (nSPS) is 26.4. The lowest BCUT2D eigenvalue weighted by Crippen LogP contribution is -2.30. The molecule has 3 atom stereocenters. The molecule has 20 heavy (non-hydrogen) atoms. The fourth-order valence-electron chi connectivity index (χ4n) is 3.59. The van der Waals surface area contributed by atoms with Gasteiger partial charge in [0.05, 0.1) is 5.92 Å². The first kappa shape index (κ1) is 15.1. The second-order valence-corrected chi connectivity index (χ2v) is 6.17. The second kappa shape index (κ2) is 7.47. The summed E-state index contributed by atoms with van der Waals surface area (Å²) in [4.78, 5) is 11.4. The fourth-order valence-corrected chi connectivity index (χ4v) is 3.59. The van der Waals surface area contributed by atoms with Gasteiger partial charge in [-0.05, 0) is 55.9 Å². The van der Waals surface area contributed by atoms with Gasteiger partial charge >= 0.3 is 5.97 Å². The van der Waals surface area contributed by atoms with Crippen LogP contribution in [0.3, 0.4) is 0 Å². The summed E-state index contributed by atoms with van der Waals surface area (Å²) in [7, 11) is 0. The Morgan fingerprint density at radius 2 is 2.00 bits per heavy atom. The number of hydrogen-bond donors (Lipinski definition) is 1. The van der Waals surface area contributed by atoms with Gasteiger partial charge in [0.25, 0.3) is 0 Å². The van der Waals surface area contributed by atoms with Gasteiger partial charge in [-0.2, -0.15) is 0 Å². The molecule has 0 amide bonds. The zero-order chi connectivity index (χ0) is 14.4. The van der Waals surface area contributed by atoms with Crippen LogP contribution in [-0.2, 0) is 11.2 Å². The van der Waals surface area contributed by atoms with Crippen molar-refractivity contribution < 1.29 is 9.90 Å². The van der Waals surface area contributed by atoms with Crippen LogP contribution in [0, 0.1) is 17.8 Å². The molecule has 0 spiro atoms. The van der Waals surface area contributed by atoms with Gasteiger partial charge in [-0.3, -0.25) is 4.79 Å². The molecule has 1 saturated carbocycles. The van der Waals surface area contributed by atoms with Crippen molar-refractivity contribution in [3.05, 3.63) is 35.9 Å². The van der Waals surface area contributed by atoms with Crippen molar-refractivity contribution >= 4 is 5.97 Å². The molecule has 0 saturated heterocycles. The summed E-state index contributed by atoms with van der Waals surface area (Å²) in [6, 6.07) is 10.5. The van der Waals surface area contributed by atoms with Gasteiger partial charge in [0.1, 0.15) is 0 Å². The molecule has 1 aromatic rings. The standard InChI is InChI=1S/C18H26O2/c1-2-14-11-12-17(18(19)20)16(13-14)10-6-9-15-7-4-3-5-8-15/h3-5,7-8,14,16-17H,2,6,9-13H2,1H3,(H,19,20). The SMILES string of the molecule is CCC1CCC(C(=O)O)C(CCCc2ccccc2)C1. The Kier molecular flexibility index (Phi) is 5.63. The fraction of sp³-hybridized carbons (Fsp3) is 0.611. The Hall–Kier alpha value is -1.31. The Morgan fingerprint density at radius 1 is 1.25 bits per heavy atom. The molecule has 1 aromatic carbocycles. The van der Waals surface area contributed by atoms with Crippen molar-refractivity contribution in [2.24, 2.45) is 17.8 Å². The molecule has 1 aliphatic carbocycles. The summed E-state index contributed by atoms with van der Waals surface area (Å²) >= 11 is 0. The molecule has 0 aromatic heterocycles. The van der Waals surface area contributed by atoms with E-state index in [4.69, 9.17) is 0 Å². The van der Waals surface area contributed by atoms with Crippen molar-refractivity contribution in [2.75, 3.05) is 0 Å². The highest BCUT2D eigenvalue weighted by Gasteiger charge is 2.33.